The molecule has 150 valence electrons. The maximum atomic E-state index is 11.4. The molecule has 0 spiro atoms. The van der Waals surface area contributed by atoms with Crippen molar-refractivity contribution in [2.24, 2.45) is 0 Å². The molecule has 0 atom stereocenters. The third-order valence-corrected chi connectivity index (χ3v) is 5.02. The normalized spacial score (nSPS) is 10.8. The van der Waals surface area contributed by atoms with Crippen LogP contribution >= 0.6 is 21.6 Å². The summed E-state index contributed by atoms with van der Waals surface area (Å²) in [6, 6.07) is 5.66. The summed E-state index contributed by atoms with van der Waals surface area (Å²) < 4.78 is 15.8. The highest BCUT2D eigenvalue weighted by Crippen LogP contribution is 2.21. The van der Waals surface area contributed by atoms with Gasteiger partial charge in [0.15, 0.2) is 0 Å². The molecule has 0 saturated heterocycles. The van der Waals surface area contributed by atoms with Crippen molar-refractivity contribution in [2.75, 3.05) is 24.7 Å². The summed E-state index contributed by atoms with van der Waals surface area (Å²) in [7, 11) is 3.20. The minimum atomic E-state index is -0.498. The lowest BCUT2D eigenvalue weighted by atomic mass is 10.2. The molecule has 1 rings (SSSR count). The van der Waals surface area contributed by atoms with Crippen LogP contribution in [0.15, 0.2) is 36.8 Å². The van der Waals surface area contributed by atoms with Crippen LogP contribution in [0.25, 0.3) is 0 Å². The number of carbonyl (C=O) groups excluding carboxylic acids is 1. The fraction of sp³-hybridized carbons (Fsp3) is 0.471. The number of nitrogens with one attached hydrogen (secondary N) is 1. The summed E-state index contributed by atoms with van der Waals surface area (Å²) in [4.78, 5) is 21.5. The Morgan fingerprint density at radius 3 is 2.44 bits per heavy atom. The van der Waals surface area contributed by atoms with Gasteiger partial charge in [-0.1, -0.05) is 21.6 Å². The molecule has 0 aliphatic rings. The standard InChI is InChI=1S/C17H24N2O6S2/c1-13(24-15-7-5-14(6-8-15)19(21)22)23-10-12-27-26-11-9-18-16(20)25-17(2,3)4/h5-8H,1,9-12H2,2-4H3,(H,18,20). The molecule has 0 heterocycles. The highest BCUT2D eigenvalue weighted by molar-refractivity contribution is 8.76. The molecule has 0 aromatic heterocycles. The van der Waals surface area contributed by atoms with E-state index in [2.05, 4.69) is 11.9 Å². The van der Waals surface area contributed by atoms with Crippen molar-refractivity contribution < 1.29 is 23.9 Å². The van der Waals surface area contributed by atoms with Gasteiger partial charge in [0, 0.05) is 30.2 Å². The molecule has 0 aliphatic carbocycles. The number of carbonyl (C=O) groups is 1. The van der Waals surface area contributed by atoms with Crippen LogP contribution in [0.1, 0.15) is 20.8 Å². The summed E-state index contributed by atoms with van der Waals surface area (Å²) in [5.41, 5.74) is -0.508. The summed E-state index contributed by atoms with van der Waals surface area (Å²) in [5.74, 6) is 1.99. The number of amides is 1. The molecule has 0 saturated carbocycles. The van der Waals surface area contributed by atoms with Crippen molar-refractivity contribution in [2.45, 2.75) is 26.4 Å². The summed E-state index contributed by atoms with van der Waals surface area (Å²) in [6.07, 6.45) is -0.420. The Hall–Kier alpha value is -2.07. The quantitative estimate of drug-likeness (QED) is 0.187. The first-order chi connectivity index (χ1) is 12.7. The number of rotatable bonds is 11. The Morgan fingerprint density at radius 1 is 1.22 bits per heavy atom. The number of nitro groups is 1. The lowest BCUT2D eigenvalue weighted by molar-refractivity contribution is -0.384. The van der Waals surface area contributed by atoms with Crippen LogP contribution in [-0.4, -0.2) is 41.3 Å². The smallest absolute Gasteiger partial charge is 0.407 e. The summed E-state index contributed by atoms with van der Waals surface area (Å²) >= 11 is 0. The first kappa shape index (κ1) is 23.0. The van der Waals surface area contributed by atoms with Crippen molar-refractivity contribution in [1.82, 2.24) is 5.32 Å². The Kier molecular flexibility index (Phi) is 9.87. The molecule has 10 heteroatoms. The number of hydrogen-bond donors (Lipinski definition) is 1. The number of ether oxygens (including phenoxy) is 3. The van der Waals surface area contributed by atoms with E-state index in [1.165, 1.54) is 24.3 Å². The van der Waals surface area contributed by atoms with E-state index in [1.807, 2.05) is 20.8 Å². The third kappa shape index (κ3) is 11.3. The van der Waals surface area contributed by atoms with Gasteiger partial charge in [0.1, 0.15) is 18.0 Å². The summed E-state index contributed by atoms with van der Waals surface area (Å²) in [6.45, 7) is 10.0. The first-order valence-corrected chi connectivity index (χ1v) is 10.6. The number of nitrogens with zero attached hydrogens (tertiary/aromatic N) is 1. The molecule has 1 amide bonds. The lowest BCUT2D eigenvalue weighted by Crippen LogP contribution is -2.33. The number of hydrogen-bond acceptors (Lipinski definition) is 8. The third-order valence-electron chi connectivity index (χ3n) is 2.65. The molecule has 1 N–H and O–H groups in total. The maximum absolute atomic E-state index is 11.4. The van der Waals surface area contributed by atoms with Gasteiger partial charge in [-0.05, 0) is 39.5 Å². The van der Waals surface area contributed by atoms with Gasteiger partial charge < -0.3 is 19.5 Å². The minimum absolute atomic E-state index is 0.0107. The van der Waals surface area contributed by atoms with Gasteiger partial charge in [-0.2, -0.15) is 0 Å². The van der Waals surface area contributed by atoms with E-state index >= 15 is 0 Å². The molecule has 27 heavy (non-hydrogen) atoms. The summed E-state index contributed by atoms with van der Waals surface area (Å²) in [5, 5.41) is 13.3. The largest absolute Gasteiger partial charge is 0.465 e. The zero-order valence-corrected chi connectivity index (χ0v) is 17.2. The zero-order valence-electron chi connectivity index (χ0n) is 15.6. The molecular weight excluding hydrogens is 392 g/mol. The van der Waals surface area contributed by atoms with Crippen molar-refractivity contribution in [1.29, 1.82) is 0 Å². The second kappa shape index (κ2) is 11.6. The van der Waals surface area contributed by atoms with E-state index in [4.69, 9.17) is 14.2 Å². The molecule has 0 fully saturated rings. The predicted molar refractivity (Wildman–Crippen MR) is 108 cm³/mol. The Bertz CT molecular complexity index is 631. The van der Waals surface area contributed by atoms with Crippen molar-refractivity contribution in [3.63, 3.8) is 0 Å². The van der Waals surface area contributed by atoms with Crippen LogP contribution in [0.2, 0.25) is 0 Å². The van der Waals surface area contributed by atoms with Crippen LogP contribution < -0.4 is 10.1 Å². The van der Waals surface area contributed by atoms with E-state index in [0.717, 1.165) is 5.75 Å². The molecule has 1 aromatic carbocycles. The molecule has 0 unspecified atom stereocenters. The van der Waals surface area contributed by atoms with E-state index in [1.54, 1.807) is 21.6 Å². The first-order valence-electron chi connectivity index (χ1n) is 8.12. The van der Waals surface area contributed by atoms with E-state index in [0.29, 0.717) is 24.7 Å². The van der Waals surface area contributed by atoms with Gasteiger partial charge in [0.25, 0.3) is 11.6 Å². The Labute approximate surface area is 166 Å². The Balaban J connectivity index is 2.05. The SMILES string of the molecule is C=C(OCCSSCCNC(=O)OC(C)(C)C)Oc1ccc([N+](=O)[O-])cc1. The van der Waals surface area contributed by atoms with E-state index in [-0.39, 0.29) is 11.6 Å². The molecule has 1 aromatic rings. The number of benzene rings is 1. The molecule has 0 aliphatic heterocycles. The molecule has 0 bridgehead atoms. The van der Waals surface area contributed by atoms with Gasteiger partial charge in [-0.25, -0.2) is 4.79 Å². The van der Waals surface area contributed by atoms with E-state index < -0.39 is 16.6 Å². The van der Waals surface area contributed by atoms with Gasteiger partial charge in [0.2, 0.25) is 0 Å². The van der Waals surface area contributed by atoms with Crippen LogP contribution in [0.4, 0.5) is 10.5 Å². The van der Waals surface area contributed by atoms with Gasteiger partial charge in [-0.3, -0.25) is 10.1 Å². The van der Waals surface area contributed by atoms with Gasteiger partial charge >= 0.3 is 6.09 Å². The van der Waals surface area contributed by atoms with Crippen LogP contribution in [0.3, 0.4) is 0 Å². The average molecular weight is 417 g/mol. The lowest BCUT2D eigenvalue weighted by Gasteiger charge is -2.19. The van der Waals surface area contributed by atoms with Gasteiger partial charge in [0.05, 0.1) is 4.92 Å². The predicted octanol–water partition coefficient (Wildman–Crippen LogP) is 4.37. The highest BCUT2D eigenvalue weighted by Gasteiger charge is 2.15. The highest BCUT2D eigenvalue weighted by atomic mass is 33.1. The maximum Gasteiger partial charge on any atom is 0.407 e. The number of alkyl carbamates (subject to hydrolysis) is 1. The Morgan fingerprint density at radius 2 is 1.85 bits per heavy atom. The second-order valence-corrected chi connectivity index (χ2v) is 8.85. The molecular formula is C17H24N2O6S2. The topological polar surface area (TPSA) is 99.9 Å². The zero-order chi connectivity index (χ0) is 20.3. The van der Waals surface area contributed by atoms with Crippen LogP contribution in [0.5, 0.6) is 5.75 Å². The fourth-order valence-corrected chi connectivity index (χ4v) is 3.35. The monoisotopic (exact) mass is 416 g/mol. The van der Waals surface area contributed by atoms with Crippen LogP contribution in [-0.2, 0) is 9.47 Å². The average Bonchev–Trinajstić information content (AvgIpc) is 2.56. The second-order valence-electron chi connectivity index (χ2n) is 6.15. The van der Waals surface area contributed by atoms with Crippen molar-refractivity contribution in [3.05, 3.63) is 46.9 Å². The van der Waals surface area contributed by atoms with Gasteiger partial charge in [-0.15, -0.1) is 0 Å². The van der Waals surface area contributed by atoms with E-state index in [9.17, 15) is 14.9 Å². The molecule has 0 radical (unpaired) electrons. The van der Waals surface area contributed by atoms with Crippen molar-refractivity contribution >= 4 is 33.4 Å². The van der Waals surface area contributed by atoms with Crippen molar-refractivity contribution in [3.8, 4) is 5.75 Å². The number of non-ortho nitro benzene ring substituents is 1. The minimum Gasteiger partial charge on any atom is -0.465 e. The van der Waals surface area contributed by atoms with Crippen LogP contribution in [0, 0.1) is 10.1 Å². The fourth-order valence-electron chi connectivity index (χ4n) is 1.61. The molecule has 8 nitrogen and oxygen atoms in total. The number of nitro benzene ring substituents is 1.